The Labute approximate surface area is 123 Å². The number of carbonyl (C=O) groups excluding carboxylic acids is 1. The largest absolute Gasteiger partial charge is 0.469 e. The number of benzene rings is 1. The van der Waals surface area contributed by atoms with Crippen molar-refractivity contribution in [3.8, 4) is 0 Å². The molecule has 21 heavy (non-hydrogen) atoms. The highest BCUT2D eigenvalue weighted by atomic mass is 19.1. The van der Waals surface area contributed by atoms with Gasteiger partial charge in [0.2, 0.25) is 0 Å². The molecule has 5 heteroatoms. The first-order chi connectivity index (χ1) is 9.94. The van der Waals surface area contributed by atoms with E-state index in [1.54, 1.807) is 26.1 Å². The minimum atomic E-state index is -0.634. The van der Waals surface area contributed by atoms with Gasteiger partial charge in [-0.3, -0.25) is 9.78 Å². The van der Waals surface area contributed by atoms with Crippen LogP contribution in [-0.2, 0) is 16.1 Å². The third kappa shape index (κ3) is 3.55. The van der Waals surface area contributed by atoms with Crippen molar-refractivity contribution < 1.29 is 13.9 Å². The van der Waals surface area contributed by atoms with E-state index >= 15 is 0 Å². The monoisotopic (exact) mass is 290 g/mol. The van der Waals surface area contributed by atoms with Crippen molar-refractivity contribution in [3.63, 3.8) is 0 Å². The fraction of sp³-hybridized carbons (Fsp3) is 0.375. The molecule has 0 spiro atoms. The summed E-state index contributed by atoms with van der Waals surface area (Å²) in [5, 5.41) is 3.93. The van der Waals surface area contributed by atoms with E-state index in [1.165, 1.54) is 19.2 Å². The molecular formula is C16H19FN2O2. The SMILES string of the molecule is COC(=O)C(C)(C)CNCc1cc(F)cc2cccnc12. The van der Waals surface area contributed by atoms with E-state index in [4.69, 9.17) is 4.74 Å². The van der Waals surface area contributed by atoms with Crippen LogP contribution in [0.3, 0.4) is 0 Å². The van der Waals surface area contributed by atoms with Gasteiger partial charge in [0.1, 0.15) is 5.82 Å². The minimum Gasteiger partial charge on any atom is -0.469 e. The molecule has 0 saturated carbocycles. The topological polar surface area (TPSA) is 51.2 Å². The smallest absolute Gasteiger partial charge is 0.312 e. The van der Waals surface area contributed by atoms with Crippen LogP contribution in [-0.4, -0.2) is 24.6 Å². The van der Waals surface area contributed by atoms with Gasteiger partial charge >= 0.3 is 5.97 Å². The van der Waals surface area contributed by atoms with Crippen LogP contribution < -0.4 is 5.32 Å². The lowest BCUT2D eigenvalue weighted by molar-refractivity contribution is -0.150. The van der Waals surface area contributed by atoms with E-state index in [0.717, 1.165) is 16.5 Å². The number of hydrogen-bond acceptors (Lipinski definition) is 4. The lowest BCUT2D eigenvalue weighted by Gasteiger charge is -2.22. The van der Waals surface area contributed by atoms with Crippen LogP contribution in [0.4, 0.5) is 4.39 Å². The summed E-state index contributed by atoms with van der Waals surface area (Å²) >= 11 is 0. The zero-order valence-corrected chi connectivity index (χ0v) is 12.4. The molecule has 0 aliphatic rings. The standard InChI is InChI=1S/C16H19FN2O2/c1-16(2,15(20)21-3)10-18-9-12-8-13(17)7-11-5-4-6-19-14(11)12/h4-8,18H,9-10H2,1-3H3. The molecule has 0 atom stereocenters. The highest BCUT2D eigenvalue weighted by Crippen LogP contribution is 2.19. The first kappa shape index (κ1) is 15.4. The number of carbonyl (C=O) groups is 1. The van der Waals surface area contributed by atoms with Crippen LogP contribution in [0, 0.1) is 11.2 Å². The molecule has 112 valence electrons. The summed E-state index contributed by atoms with van der Waals surface area (Å²) in [7, 11) is 1.37. The maximum Gasteiger partial charge on any atom is 0.312 e. The van der Waals surface area contributed by atoms with Crippen LogP contribution in [0.25, 0.3) is 10.9 Å². The molecule has 1 heterocycles. The Morgan fingerprint density at radius 1 is 1.43 bits per heavy atom. The summed E-state index contributed by atoms with van der Waals surface area (Å²) in [5.41, 5.74) is 0.902. The number of rotatable bonds is 5. The van der Waals surface area contributed by atoms with Gasteiger partial charge in [-0.1, -0.05) is 6.07 Å². The Morgan fingerprint density at radius 2 is 2.19 bits per heavy atom. The number of esters is 1. The predicted molar refractivity (Wildman–Crippen MR) is 79.2 cm³/mol. The van der Waals surface area contributed by atoms with E-state index < -0.39 is 5.41 Å². The molecule has 2 rings (SSSR count). The van der Waals surface area contributed by atoms with Gasteiger partial charge in [-0.25, -0.2) is 4.39 Å². The summed E-state index contributed by atoms with van der Waals surface area (Å²) in [6.45, 7) is 4.47. The van der Waals surface area contributed by atoms with Crippen molar-refractivity contribution in [1.82, 2.24) is 10.3 Å². The molecular weight excluding hydrogens is 271 g/mol. The molecule has 1 N–H and O–H groups in total. The van der Waals surface area contributed by atoms with Gasteiger partial charge in [-0.15, -0.1) is 0 Å². The Bertz CT molecular complexity index is 656. The summed E-state index contributed by atoms with van der Waals surface area (Å²) in [4.78, 5) is 15.9. The van der Waals surface area contributed by atoms with Crippen LogP contribution in [0.1, 0.15) is 19.4 Å². The van der Waals surface area contributed by atoms with Crippen molar-refractivity contribution in [2.45, 2.75) is 20.4 Å². The number of fused-ring (bicyclic) bond motifs is 1. The van der Waals surface area contributed by atoms with Crippen molar-refractivity contribution >= 4 is 16.9 Å². The van der Waals surface area contributed by atoms with Gasteiger partial charge in [-0.2, -0.15) is 0 Å². The molecule has 1 aromatic heterocycles. The Balaban J connectivity index is 2.12. The van der Waals surface area contributed by atoms with Gasteiger partial charge in [-0.05, 0) is 37.6 Å². The van der Waals surface area contributed by atoms with Crippen LogP contribution in [0.2, 0.25) is 0 Å². The molecule has 1 aromatic carbocycles. The third-order valence-corrected chi connectivity index (χ3v) is 3.37. The molecule has 0 amide bonds. The maximum absolute atomic E-state index is 13.6. The molecule has 0 aliphatic carbocycles. The van der Waals surface area contributed by atoms with Crippen LogP contribution >= 0.6 is 0 Å². The Hall–Kier alpha value is -2.01. The molecule has 0 radical (unpaired) electrons. The lowest BCUT2D eigenvalue weighted by Crippen LogP contribution is -2.36. The molecule has 0 fully saturated rings. The van der Waals surface area contributed by atoms with Gasteiger partial charge in [0.05, 0.1) is 18.0 Å². The summed E-state index contributed by atoms with van der Waals surface area (Å²) in [6, 6.07) is 6.53. The minimum absolute atomic E-state index is 0.280. The number of hydrogen-bond donors (Lipinski definition) is 1. The average molecular weight is 290 g/mol. The molecule has 2 aromatic rings. The maximum atomic E-state index is 13.6. The van der Waals surface area contributed by atoms with E-state index in [-0.39, 0.29) is 11.8 Å². The summed E-state index contributed by atoms with van der Waals surface area (Å²) < 4.78 is 18.4. The highest BCUT2D eigenvalue weighted by Gasteiger charge is 2.28. The van der Waals surface area contributed by atoms with E-state index in [0.29, 0.717) is 13.1 Å². The second kappa shape index (κ2) is 6.18. The van der Waals surface area contributed by atoms with Crippen molar-refractivity contribution in [3.05, 3.63) is 41.8 Å². The predicted octanol–water partition coefficient (Wildman–Crippen LogP) is 2.66. The fourth-order valence-corrected chi connectivity index (χ4v) is 2.22. The van der Waals surface area contributed by atoms with Crippen LogP contribution in [0.15, 0.2) is 30.5 Å². The average Bonchev–Trinajstić information content (AvgIpc) is 2.45. The Kier molecular flexibility index (Phi) is 4.53. The van der Waals surface area contributed by atoms with Crippen molar-refractivity contribution in [2.24, 2.45) is 5.41 Å². The van der Waals surface area contributed by atoms with Gasteiger partial charge in [0.25, 0.3) is 0 Å². The number of aromatic nitrogens is 1. The molecule has 0 bridgehead atoms. The van der Waals surface area contributed by atoms with E-state index in [9.17, 15) is 9.18 Å². The third-order valence-electron chi connectivity index (χ3n) is 3.37. The molecule has 0 aliphatic heterocycles. The number of pyridine rings is 1. The van der Waals surface area contributed by atoms with Gasteiger partial charge < -0.3 is 10.1 Å². The number of nitrogens with zero attached hydrogens (tertiary/aromatic N) is 1. The molecule has 4 nitrogen and oxygen atoms in total. The first-order valence-electron chi connectivity index (χ1n) is 6.76. The zero-order chi connectivity index (χ0) is 15.5. The normalized spacial score (nSPS) is 11.6. The molecule has 0 saturated heterocycles. The van der Waals surface area contributed by atoms with Crippen LogP contribution in [0.5, 0.6) is 0 Å². The summed E-state index contributed by atoms with van der Waals surface area (Å²) in [5.74, 6) is -0.572. The zero-order valence-electron chi connectivity index (χ0n) is 12.4. The van der Waals surface area contributed by atoms with Gasteiger partial charge in [0, 0.05) is 24.7 Å². The second-order valence-electron chi connectivity index (χ2n) is 5.62. The number of methoxy groups -OCH3 is 1. The van der Waals surface area contributed by atoms with E-state index in [2.05, 4.69) is 10.3 Å². The quantitative estimate of drug-likeness (QED) is 0.860. The first-order valence-corrected chi connectivity index (χ1v) is 6.76. The number of halogens is 1. The Morgan fingerprint density at radius 3 is 2.90 bits per heavy atom. The highest BCUT2D eigenvalue weighted by molar-refractivity contribution is 5.81. The fourth-order valence-electron chi connectivity index (χ4n) is 2.22. The lowest BCUT2D eigenvalue weighted by atomic mass is 9.93. The number of nitrogens with one attached hydrogen (secondary N) is 1. The van der Waals surface area contributed by atoms with Gasteiger partial charge in [0.15, 0.2) is 0 Å². The van der Waals surface area contributed by atoms with Crippen molar-refractivity contribution in [2.75, 3.05) is 13.7 Å². The second-order valence-corrected chi connectivity index (χ2v) is 5.62. The van der Waals surface area contributed by atoms with Crippen molar-refractivity contribution in [1.29, 1.82) is 0 Å². The molecule has 0 unspecified atom stereocenters. The number of ether oxygens (including phenoxy) is 1. The summed E-state index contributed by atoms with van der Waals surface area (Å²) in [6.07, 6.45) is 1.68. The van der Waals surface area contributed by atoms with E-state index in [1.807, 2.05) is 6.07 Å².